The number of nitrogens with one attached hydrogen (secondary N) is 1. The summed E-state index contributed by atoms with van der Waals surface area (Å²) in [5, 5.41) is 12.0. The monoisotopic (exact) mass is 520 g/mol. The van der Waals surface area contributed by atoms with Crippen molar-refractivity contribution in [3.63, 3.8) is 0 Å². The first-order chi connectivity index (χ1) is 17.1. The molecule has 1 saturated heterocycles. The number of thiophene rings is 1. The molecule has 1 atom stereocenters. The number of pyridine rings is 1. The Morgan fingerprint density at radius 1 is 1.19 bits per heavy atom. The van der Waals surface area contributed by atoms with Gasteiger partial charge in [-0.05, 0) is 43.0 Å². The second-order valence-corrected chi connectivity index (χ2v) is 9.23. The minimum absolute atomic E-state index is 0.0729. The number of carboxylic acid groups (broad SMARTS) is 1. The zero-order valence-electron chi connectivity index (χ0n) is 19.6. The Kier molecular flexibility index (Phi) is 9.43. The van der Waals surface area contributed by atoms with Crippen molar-refractivity contribution in [3.8, 4) is 0 Å². The Morgan fingerprint density at radius 3 is 2.56 bits per heavy atom. The van der Waals surface area contributed by atoms with Gasteiger partial charge in [0.05, 0.1) is 4.88 Å². The van der Waals surface area contributed by atoms with Crippen LogP contribution in [0.15, 0.2) is 66.2 Å². The highest BCUT2D eigenvalue weighted by atomic mass is 32.1. The molecule has 0 radical (unpaired) electrons. The van der Waals surface area contributed by atoms with E-state index < -0.39 is 12.1 Å². The molecule has 2 N–H and O–H groups in total. The number of aliphatic carboxylic acids is 1. The van der Waals surface area contributed by atoms with E-state index >= 15 is 0 Å². The molecule has 0 aliphatic carbocycles. The van der Waals surface area contributed by atoms with Crippen molar-refractivity contribution in [1.29, 1.82) is 0 Å². The van der Waals surface area contributed by atoms with E-state index in [4.69, 9.17) is 9.90 Å². The Morgan fingerprint density at radius 2 is 1.92 bits per heavy atom. The fraction of sp³-hybridized carbons (Fsp3) is 0.320. The van der Waals surface area contributed by atoms with Crippen LogP contribution in [0, 0.1) is 0 Å². The second kappa shape index (κ2) is 12.5. The fourth-order valence-corrected chi connectivity index (χ4v) is 4.41. The first kappa shape index (κ1) is 27.2. The number of carbonyl (C=O) groups excluding carboxylic acids is 1. The van der Waals surface area contributed by atoms with Gasteiger partial charge < -0.3 is 15.3 Å². The maximum atomic E-state index is 12.3. The molecule has 1 aromatic carbocycles. The van der Waals surface area contributed by atoms with E-state index in [1.807, 2.05) is 29.6 Å². The summed E-state index contributed by atoms with van der Waals surface area (Å²) in [5.41, 5.74) is 2.12. The van der Waals surface area contributed by atoms with Crippen molar-refractivity contribution in [2.45, 2.75) is 31.6 Å². The first-order valence-electron chi connectivity index (χ1n) is 11.2. The number of benzene rings is 1. The molecule has 1 amide bonds. The topological polar surface area (TPSA) is 85.8 Å². The number of nitrogens with zero attached hydrogens (tertiary/aromatic N) is 3. The van der Waals surface area contributed by atoms with Gasteiger partial charge in [-0.2, -0.15) is 13.2 Å². The summed E-state index contributed by atoms with van der Waals surface area (Å²) in [4.78, 5) is 31.3. The highest BCUT2D eigenvalue weighted by Crippen LogP contribution is 2.24. The van der Waals surface area contributed by atoms with Gasteiger partial charge in [0.25, 0.3) is 5.91 Å². The molecule has 7 nitrogen and oxygen atoms in total. The first-order valence-corrected chi connectivity index (χ1v) is 12.1. The van der Waals surface area contributed by atoms with Gasteiger partial charge in [0.1, 0.15) is 5.82 Å². The molecule has 3 heterocycles. The second-order valence-electron chi connectivity index (χ2n) is 8.28. The molecule has 2 aromatic heterocycles. The third kappa shape index (κ3) is 8.06. The van der Waals surface area contributed by atoms with Gasteiger partial charge in [-0.15, -0.1) is 11.3 Å². The number of amides is 1. The van der Waals surface area contributed by atoms with Gasteiger partial charge in [-0.1, -0.05) is 36.4 Å². The van der Waals surface area contributed by atoms with Crippen molar-refractivity contribution in [2.75, 3.05) is 30.4 Å². The van der Waals surface area contributed by atoms with Crippen LogP contribution in [0.25, 0.3) is 0 Å². The molecule has 0 spiro atoms. The average Bonchev–Trinajstić information content (AvgIpc) is 3.40. The summed E-state index contributed by atoms with van der Waals surface area (Å²) in [6, 6.07) is 18.6. The molecule has 36 heavy (non-hydrogen) atoms. The molecule has 4 rings (SSSR count). The van der Waals surface area contributed by atoms with E-state index in [0.29, 0.717) is 10.9 Å². The van der Waals surface area contributed by atoms with Gasteiger partial charge in [0.2, 0.25) is 0 Å². The van der Waals surface area contributed by atoms with Crippen LogP contribution in [0.5, 0.6) is 0 Å². The number of piperidine rings is 1. The Balaban J connectivity index is 0.000000454. The number of alkyl halides is 3. The van der Waals surface area contributed by atoms with Gasteiger partial charge in [-0.3, -0.25) is 9.69 Å². The lowest BCUT2D eigenvalue weighted by atomic mass is 10.0. The summed E-state index contributed by atoms with van der Waals surface area (Å²) in [7, 11) is 2.20. The maximum Gasteiger partial charge on any atom is 0.490 e. The van der Waals surface area contributed by atoms with Crippen LogP contribution in [0.2, 0.25) is 0 Å². The standard InChI is InChI=1S/C23H26N4OS.C2HF3O2/c1-26(16-18-7-3-2-4-8-18)20-9-5-13-27(17-20)22-15-19(11-12-24-22)25-23(28)21-10-6-14-29-21;3-2(4,5)1(6)7/h2-4,6-8,10-12,14-15,20H,5,9,13,16-17H2,1H3,(H,24,25,28);(H,6,7). The zero-order valence-corrected chi connectivity index (χ0v) is 20.4. The molecule has 11 heteroatoms. The lowest BCUT2D eigenvalue weighted by molar-refractivity contribution is -0.192. The van der Waals surface area contributed by atoms with Crippen molar-refractivity contribution < 1.29 is 27.9 Å². The lowest BCUT2D eigenvalue weighted by Gasteiger charge is -2.38. The summed E-state index contributed by atoms with van der Waals surface area (Å²) in [6.07, 6.45) is -0.984. The number of hydrogen-bond acceptors (Lipinski definition) is 6. The normalized spacial score (nSPS) is 15.7. The minimum Gasteiger partial charge on any atom is -0.475 e. The van der Waals surface area contributed by atoms with Crippen molar-refractivity contribution in [3.05, 3.63) is 76.6 Å². The SMILES string of the molecule is CN(Cc1ccccc1)C1CCCN(c2cc(NC(=O)c3cccs3)ccn2)C1.O=C(O)C(F)(F)F. The number of likely N-dealkylation sites (N-methyl/N-ethyl adjacent to an activating group) is 1. The lowest BCUT2D eigenvalue weighted by Crippen LogP contribution is -2.46. The summed E-state index contributed by atoms with van der Waals surface area (Å²) >= 11 is 1.44. The molecule has 1 unspecified atom stereocenters. The number of rotatable bonds is 6. The molecular formula is C25H27F3N4O3S. The highest BCUT2D eigenvalue weighted by molar-refractivity contribution is 7.12. The number of halogens is 3. The molecule has 1 aliphatic rings. The smallest absolute Gasteiger partial charge is 0.475 e. The maximum absolute atomic E-state index is 12.3. The quantitative estimate of drug-likeness (QED) is 0.469. The fourth-order valence-electron chi connectivity index (χ4n) is 3.79. The van der Waals surface area contributed by atoms with Crippen LogP contribution in [0.1, 0.15) is 28.1 Å². The van der Waals surface area contributed by atoms with Crippen LogP contribution in [-0.2, 0) is 11.3 Å². The van der Waals surface area contributed by atoms with Crippen LogP contribution in [0.4, 0.5) is 24.7 Å². The van der Waals surface area contributed by atoms with E-state index in [0.717, 1.165) is 37.6 Å². The molecular weight excluding hydrogens is 493 g/mol. The summed E-state index contributed by atoms with van der Waals surface area (Å²) in [6.45, 7) is 2.88. The van der Waals surface area contributed by atoms with E-state index in [2.05, 4.69) is 57.5 Å². The largest absolute Gasteiger partial charge is 0.490 e. The van der Waals surface area contributed by atoms with Crippen molar-refractivity contribution in [2.24, 2.45) is 0 Å². The van der Waals surface area contributed by atoms with E-state index in [1.165, 1.54) is 23.3 Å². The average molecular weight is 521 g/mol. The van der Waals surface area contributed by atoms with E-state index in [-0.39, 0.29) is 5.91 Å². The van der Waals surface area contributed by atoms with Crippen LogP contribution in [-0.4, -0.2) is 59.2 Å². The molecule has 192 valence electrons. The molecule has 1 aliphatic heterocycles. The third-order valence-corrected chi connectivity index (χ3v) is 6.48. The Bertz CT molecular complexity index is 1130. The van der Waals surface area contributed by atoms with Crippen molar-refractivity contribution in [1.82, 2.24) is 9.88 Å². The number of carboxylic acids is 1. The number of hydrogen-bond donors (Lipinski definition) is 2. The highest BCUT2D eigenvalue weighted by Gasteiger charge is 2.38. The van der Waals surface area contributed by atoms with Gasteiger partial charge in [-0.25, -0.2) is 9.78 Å². The van der Waals surface area contributed by atoms with Crippen LogP contribution in [0.3, 0.4) is 0 Å². The number of carbonyl (C=O) groups is 2. The van der Waals surface area contributed by atoms with E-state index in [1.54, 1.807) is 6.20 Å². The Labute approximate surface area is 211 Å². The molecule has 3 aromatic rings. The molecule has 0 saturated carbocycles. The third-order valence-electron chi connectivity index (χ3n) is 5.61. The number of anilines is 2. The van der Waals surface area contributed by atoms with Crippen LogP contribution >= 0.6 is 11.3 Å². The summed E-state index contributed by atoms with van der Waals surface area (Å²) < 4.78 is 31.7. The minimum atomic E-state index is -5.08. The predicted octanol–water partition coefficient (Wildman–Crippen LogP) is 5.13. The van der Waals surface area contributed by atoms with Crippen LogP contribution < -0.4 is 10.2 Å². The van der Waals surface area contributed by atoms with E-state index in [9.17, 15) is 18.0 Å². The van der Waals surface area contributed by atoms with Gasteiger partial charge in [0, 0.05) is 43.6 Å². The summed E-state index contributed by atoms with van der Waals surface area (Å²) in [5.74, 6) is -1.91. The van der Waals surface area contributed by atoms with Gasteiger partial charge >= 0.3 is 12.1 Å². The predicted molar refractivity (Wildman–Crippen MR) is 133 cm³/mol. The van der Waals surface area contributed by atoms with Gasteiger partial charge in [0.15, 0.2) is 0 Å². The zero-order chi connectivity index (χ0) is 26.1. The van der Waals surface area contributed by atoms with Crippen molar-refractivity contribution >= 4 is 34.7 Å². The Hall–Kier alpha value is -3.44. The molecule has 1 fully saturated rings. The number of aromatic nitrogens is 1. The molecule has 0 bridgehead atoms.